The molecule has 1 aromatic rings. The molecular formula is C10H13NO4S. The van der Waals surface area contributed by atoms with Crippen LogP contribution in [-0.4, -0.2) is 18.9 Å². The fraction of sp³-hybridized carbons (Fsp3) is 0.300. The van der Waals surface area contributed by atoms with E-state index in [0.717, 1.165) is 0 Å². The van der Waals surface area contributed by atoms with E-state index in [4.69, 9.17) is 5.73 Å². The number of amides is 1. The van der Waals surface area contributed by atoms with Gasteiger partial charge in [0.05, 0.1) is 0 Å². The van der Waals surface area contributed by atoms with Crippen LogP contribution in [0.3, 0.4) is 0 Å². The largest absolute Gasteiger partial charge is 0.368 e. The number of rotatable bonds is 4. The Morgan fingerprint density at radius 2 is 1.88 bits per heavy atom. The summed E-state index contributed by atoms with van der Waals surface area (Å²) in [4.78, 5) is 11.4. The molecule has 0 aromatic heterocycles. The van der Waals surface area contributed by atoms with Crippen molar-refractivity contribution in [3.05, 3.63) is 35.9 Å². The summed E-state index contributed by atoms with van der Waals surface area (Å²) in [6, 6.07) is 7.72. The lowest BCUT2D eigenvalue weighted by molar-refractivity contribution is -0.121. The summed E-state index contributed by atoms with van der Waals surface area (Å²) in [6.07, 6.45) is -0.120. The normalized spacial score (nSPS) is 15.4. The molecule has 5 nitrogen and oxygen atoms in total. The lowest BCUT2D eigenvalue weighted by atomic mass is 9.95. The Kier molecular flexibility index (Phi) is 3.35. The van der Waals surface area contributed by atoms with Crippen molar-refractivity contribution >= 4 is 16.0 Å². The Balaban J connectivity index is 3.55. The molecule has 3 N–H and O–H groups in total. The number of carbonyl (C=O) groups is 1. The molecule has 0 fully saturated rings. The predicted molar refractivity (Wildman–Crippen MR) is 59.2 cm³/mol. The average molecular weight is 243 g/mol. The van der Waals surface area contributed by atoms with Gasteiger partial charge in [-0.2, -0.15) is 8.42 Å². The standard InChI is InChI=1S/C10H13NO4S/c1-2-10(9(11)12,16(13,14)15)8-6-4-3-5-7-8/h3-7H,2H2,1H3,(H2,11,12)(H,13,14,15). The molecule has 0 aliphatic heterocycles. The van der Waals surface area contributed by atoms with Crippen LogP contribution >= 0.6 is 0 Å². The van der Waals surface area contributed by atoms with Crippen molar-refractivity contribution < 1.29 is 17.8 Å². The topological polar surface area (TPSA) is 97.5 Å². The van der Waals surface area contributed by atoms with Gasteiger partial charge in [-0.15, -0.1) is 0 Å². The van der Waals surface area contributed by atoms with E-state index in [1.807, 2.05) is 0 Å². The van der Waals surface area contributed by atoms with Gasteiger partial charge in [-0.3, -0.25) is 9.35 Å². The third kappa shape index (κ3) is 1.81. The summed E-state index contributed by atoms with van der Waals surface area (Å²) >= 11 is 0. The first-order valence-corrected chi connectivity index (χ1v) is 6.12. The van der Waals surface area contributed by atoms with Crippen LogP contribution in [0.1, 0.15) is 18.9 Å². The number of benzene rings is 1. The van der Waals surface area contributed by atoms with E-state index in [1.54, 1.807) is 18.2 Å². The van der Waals surface area contributed by atoms with E-state index in [1.165, 1.54) is 19.1 Å². The summed E-state index contributed by atoms with van der Waals surface area (Å²) in [5.41, 5.74) is 5.30. The molecule has 1 aromatic carbocycles. The Labute approximate surface area is 94.0 Å². The maximum absolute atomic E-state index is 11.4. The molecule has 16 heavy (non-hydrogen) atoms. The van der Waals surface area contributed by atoms with Crippen LogP contribution in [-0.2, 0) is 19.7 Å². The van der Waals surface area contributed by atoms with E-state index in [2.05, 4.69) is 0 Å². The second-order valence-corrected chi connectivity index (χ2v) is 5.03. The zero-order valence-corrected chi connectivity index (χ0v) is 9.57. The zero-order chi connectivity index (χ0) is 12.4. The van der Waals surface area contributed by atoms with E-state index < -0.39 is 20.8 Å². The number of primary amides is 1. The van der Waals surface area contributed by atoms with E-state index in [0.29, 0.717) is 0 Å². The third-order valence-corrected chi connectivity index (χ3v) is 4.18. The first-order chi connectivity index (χ1) is 7.36. The average Bonchev–Trinajstić information content (AvgIpc) is 2.18. The van der Waals surface area contributed by atoms with Crippen molar-refractivity contribution in [3.63, 3.8) is 0 Å². The van der Waals surface area contributed by atoms with Crippen LogP contribution in [0.15, 0.2) is 30.3 Å². The molecule has 0 heterocycles. The molecule has 1 amide bonds. The number of hydrogen-bond donors (Lipinski definition) is 2. The minimum Gasteiger partial charge on any atom is -0.368 e. The monoisotopic (exact) mass is 243 g/mol. The summed E-state index contributed by atoms with van der Waals surface area (Å²) < 4.78 is 29.9. The SMILES string of the molecule is CCC(C(N)=O)(c1ccccc1)S(=O)(=O)O. The van der Waals surface area contributed by atoms with Crippen molar-refractivity contribution in [1.82, 2.24) is 0 Å². The Morgan fingerprint density at radius 3 is 2.19 bits per heavy atom. The molecule has 0 aliphatic rings. The molecule has 6 heteroatoms. The molecule has 1 rings (SSSR count). The van der Waals surface area contributed by atoms with E-state index in [9.17, 15) is 17.8 Å². The van der Waals surface area contributed by atoms with Crippen LogP contribution in [0.25, 0.3) is 0 Å². The van der Waals surface area contributed by atoms with Gasteiger partial charge in [0.25, 0.3) is 10.1 Å². The second-order valence-electron chi connectivity index (χ2n) is 3.39. The van der Waals surface area contributed by atoms with Crippen LogP contribution in [0.5, 0.6) is 0 Å². The number of nitrogens with two attached hydrogens (primary N) is 1. The summed E-state index contributed by atoms with van der Waals surface area (Å²) in [7, 11) is -4.60. The molecule has 1 unspecified atom stereocenters. The highest BCUT2D eigenvalue weighted by molar-refractivity contribution is 7.87. The van der Waals surface area contributed by atoms with Crippen molar-refractivity contribution in [2.24, 2.45) is 5.73 Å². The summed E-state index contributed by atoms with van der Waals surface area (Å²) in [6.45, 7) is 1.48. The Morgan fingerprint density at radius 1 is 1.38 bits per heavy atom. The molecule has 0 radical (unpaired) electrons. The Hall–Kier alpha value is -1.40. The molecule has 0 saturated carbocycles. The van der Waals surface area contributed by atoms with Gasteiger partial charge < -0.3 is 5.73 Å². The molecule has 0 spiro atoms. The van der Waals surface area contributed by atoms with Crippen molar-refractivity contribution in [2.75, 3.05) is 0 Å². The number of hydrogen-bond acceptors (Lipinski definition) is 3. The highest BCUT2D eigenvalue weighted by atomic mass is 32.2. The predicted octanol–water partition coefficient (Wildman–Crippen LogP) is 0.665. The maximum Gasteiger partial charge on any atom is 0.284 e. The van der Waals surface area contributed by atoms with Crippen LogP contribution in [0, 0.1) is 0 Å². The fourth-order valence-electron chi connectivity index (χ4n) is 1.69. The third-order valence-electron chi connectivity index (χ3n) is 2.58. The quantitative estimate of drug-likeness (QED) is 0.759. The van der Waals surface area contributed by atoms with Gasteiger partial charge in [0, 0.05) is 0 Å². The zero-order valence-electron chi connectivity index (χ0n) is 8.75. The minimum absolute atomic E-state index is 0.120. The fourth-order valence-corrected chi connectivity index (χ4v) is 2.74. The molecule has 1 atom stereocenters. The number of carbonyl (C=O) groups excluding carboxylic acids is 1. The van der Waals surface area contributed by atoms with Crippen molar-refractivity contribution in [3.8, 4) is 0 Å². The van der Waals surface area contributed by atoms with Gasteiger partial charge in [0.1, 0.15) is 0 Å². The van der Waals surface area contributed by atoms with Gasteiger partial charge in [0.2, 0.25) is 5.91 Å². The lowest BCUT2D eigenvalue weighted by Gasteiger charge is -2.26. The van der Waals surface area contributed by atoms with Crippen LogP contribution in [0.2, 0.25) is 0 Å². The second kappa shape index (κ2) is 4.23. The van der Waals surface area contributed by atoms with Crippen LogP contribution in [0.4, 0.5) is 0 Å². The summed E-state index contributed by atoms with van der Waals surface area (Å²) in [5.74, 6) is -1.08. The molecular weight excluding hydrogens is 230 g/mol. The van der Waals surface area contributed by atoms with Crippen molar-refractivity contribution in [1.29, 1.82) is 0 Å². The maximum atomic E-state index is 11.4. The molecule has 0 bridgehead atoms. The van der Waals surface area contributed by atoms with E-state index >= 15 is 0 Å². The van der Waals surface area contributed by atoms with E-state index in [-0.39, 0.29) is 12.0 Å². The van der Waals surface area contributed by atoms with Gasteiger partial charge in [0.15, 0.2) is 4.75 Å². The highest BCUT2D eigenvalue weighted by Gasteiger charge is 2.48. The highest BCUT2D eigenvalue weighted by Crippen LogP contribution is 2.32. The van der Waals surface area contributed by atoms with Crippen LogP contribution < -0.4 is 5.73 Å². The molecule has 0 saturated heterocycles. The lowest BCUT2D eigenvalue weighted by Crippen LogP contribution is -2.47. The van der Waals surface area contributed by atoms with Gasteiger partial charge in [-0.25, -0.2) is 0 Å². The molecule has 0 aliphatic carbocycles. The first kappa shape index (κ1) is 12.7. The molecule has 88 valence electrons. The minimum atomic E-state index is -4.60. The van der Waals surface area contributed by atoms with Gasteiger partial charge >= 0.3 is 0 Å². The Bertz CT molecular complexity index is 483. The summed E-state index contributed by atoms with van der Waals surface area (Å²) in [5, 5.41) is 0. The van der Waals surface area contributed by atoms with Crippen molar-refractivity contribution in [2.45, 2.75) is 18.1 Å². The van der Waals surface area contributed by atoms with Gasteiger partial charge in [-0.1, -0.05) is 37.3 Å². The first-order valence-electron chi connectivity index (χ1n) is 4.68. The van der Waals surface area contributed by atoms with Gasteiger partial charge in [-0.05, 0) is 12.0 Å². The smallest absolute Gasteiger partial charge is 0.284 e.